The molecule has 1 heterocycles. The molecule has 2 N–H and O–H groups in total. The smallest absolute Gasteiger partial charge is 0.321 e. The average molecular weight is 285 g/mol. The number of likely N-dealkylation sites (tertiary alicyclic amines) is 1. The SMILES string of the molecule is C#CCNC(=O)C1CCCN(C(=O)Nc2ccccc2)C1. The average Bonchev–Trinajstić information content (AvgIpc) is 2.53. The van der Waals surface area contributed by atoms with Crippen LogP contribution in [0, 0.1) is 18.3 Å². The number of benzene rings is 1. The second-order valence-corrected chi connectivity index (χ2v) is 5.00. The molecule has 1 fully saturated rings. The fourth-order valence-electron chi connectivity index (χ4n) is 2.38. The fourth-order valence-corrected chi connectivity index (χ4v) is 2.38. The normalized spacial score (nSPS) is 17.7. The molecule has 1 aliphatic rings. The van der Waals surface area contributed by atoms with Crippen LogP contribution < -0.4 is 10.6 Å². The zero-order valence-electron chi connectivity index (χ0n) is 11.8. The van der Waals surface area contributed by atoms with Crippen molar-refractivity contribution in [3.8, 4) is 12.3 Å². The lowest BCUT2D eigenvalue weighted by molar-refractivity contribution is -0.126. The molecule has 1 unspecified atom stereocenters. The quantitative estimate of drug-likeness (QED) is 0.830. The molecule has 0 radical (unpaired) electrons. The molecule has 0 bridgehead atoms. The van der Waals surface area contributed by atoms with Crippen LogP contribution in [0.25, 0.3) is 0 Å². The Morgan fingerprint density at radius 1 is 1.33 bits per heavy atom. The standard InChI is InChI=1S/C16H19N3O2/c1-2-10-17-15(20)13-7-6-11-19(12-13)16(21)18-14-8-4-3-5-9-14/h1,3-5,8-9,13H,6-7,10-12H2,(H,17,20)(H,18,21). The van der Waals surface area contributed by atoms with Crippen molar-refractivity contribution >= 4 is 17.6 Å². The van der Waals surface area contributed by atoms with E-state index < -0.39 is 0 Å². The third-order valence-corrected chi connectivity index (χ3v) is 3.47. The zero-order chi connectivity index (χ0) is 15.1. The van der Waals surface area contributed by atoms with Crippen molar-refractivity contribution in [3.05, 3.63) is 30.3 Å². The molecule has 5 nitrogen and oxygen atoms in total. The van der Waals surface area contributed by atoms with Crippen LogP contribution in [0.3, 0.4) is 0 Å². The lowest BCUT2D eigenvalue weighted by Gasteiger charge is -2.32. The molecule has 0 aliphatic carbocycles. The molecule has 1 aliphatic heterocycles. The number of urea groups is 1. The van der Waals surface area contributed by atoms with E-state index in [4.69, 9.17) is 6.42 Å². The van der Waals surface area contributed by atoms with Gasteiger partial charge in [-0.25, -0.2) is 4.79 Å². The number of hydrogen-bond donors (Lipinski definition) is 2. The molecule has 1 aromatic carbocycles. The van der Waals surface area contributed by atoms with Gasteiger partial charge in [0.2, 0.25) is 5.91 Å². The zero-order valence-corrected chi connectivity index (χ0v) is 11.8. The van der Waals surface area contributed by atoms with Crippen LogP contribution in [-0.4, -0.2) is 36.5 Å². The molecule has 21 heavy (non-hydrogen) atoms. The number of carbonyl (C=O) groups excluding carboxylic acids is 2. The Hall–Kier alpha value is -2.48. The van der Waals surface area contributed by atoms with Gasteiger partial charge < -0.3 is 15.5 Å². The number of para-hydroxylation sites is 1. The summed E-state index contributed by atoms with van der Waals surface area (Å²) in [7, 11) is 0. The van der Waals surface area contributed by atoms with Crippen LogP contribution in [0.5, 0.6) is 0 Å². The van der Waals surface area contributed by atoms with Crippen LogP contribution in [0.1, 0.15) is 12.8 Å². The Bertz CT molecular complexity index is 536. The summed E-state index contributed by atoms with van der Waals surface area (Å²) in [6.45, 7) is 1.32. The minimum absolute atomic E-state index is 0.0786. The maximum Gasteiger partial charge on any atom is 0.321 e. The first-order valence-corrected chi connectivity index (χ1v) is 7.03. The van der Waals surface area contributed by atoms with Gasteiger partial charge in [0, 0.05) is 18.8 Å². The first kappa shape index (κ1) is 14.9. The number of terminal acetylenes is 1. The molecular weight excluding hydrogens is 266 g/mol. The number of piperidine rings is 1. The van der Waals surface area contributed by atoms with Crippen molar-refractivity contribution in [3.63, 3.8) is 0 Å². The predicted molar refractivity (Wildman–Crippen MR) is 81.6 cm³/mol. The minimum Gasteiger partial charge on any atom is -0.345 e. The number of nitrogens with one attached hydrogen (secondary N) is 2. The van der Waals surface area contributed by atoms with Crippen LogP contribution in [0.15, 0.2) is 30.3 Å². The van der Waals surface area contributed by atoms with E-state index in [2.05, 4.69) is 16.6 Å². The van der Waals surface area contributed by atoms with Gasteiger partial charge >= 0.3 is 6.03 Å². The third-order valence-electron chi connectivity index (χ3n) is 3.47. The van der Waals surface area contributed by atoms with Gasteiger partial charge in [-0.15, -0.1) is 6.42 Å². The van der Waals surface area contributed by atoms with E-state index in [1.54, 1.807) is 4.90 Å². The first-order chi connectivity index (χ1) is 10.2. The van der Waals surface area contributed by atoms with Gasteiger partial charge in [0.05, 0.1) is 12.5 Å². The van der Waals surface area contributed by atoms with E-state index in [0.717, 1.165) is 18.5 Å². The summed E-state index contributed by atoms with van der Waals surface area (Å²) in [4.78, 5) is 25.8. The number of nitrogens with zero attached hydrogens (tertiary/aromatic N) is 1. The van der Waals surface area contributed by atoms with Crippen molar-refractivity contribution in [2.45, 2.75) is 12.8 Å². The Morgan fingerprint density at radius 3 is 2.81 bits per heavy atom. The van der Waals surface area contributed by atoms with Gasteiger partial charge in [0.1, 0.15) is 0 Å². The predicted octanol–water partition coefficient (Wildman–Crippen LogP) is 1.68. The van der Waals surface area contributed by atoms with E-state index in [-0.39, 0.29) is 24.4 Å². The first-order valence-electron chi connectivity index (χ1n) is 7.03. The van der Waals surface area contributed by atoms with Crippen molar-refractivity contribution in [1.29, 1.82) is 0 Å². The van der Waals surface area contributed by atoms with Gasteiger partial charge in [-0.05, 0) is 25.0 Å². The Labute approximate surface area is 124 Å². The van der Waals surface area contributed by atoms with E-state index in [1.165, 1.54) is 0 Å². The fraction of sp³-hybridized carbons (Fsp3) is 0.375. The highest BCUT2D eigenvalue weighted by Gasteiger charge is 2.28. The molecule has 1 saturated heterocycles. The second-order valence-electron chi connectivity index (χ2n) is 5.00. The maximum atomic E-state index is 12.2. The highest BCUT2D eigenvalue weighted by atomic mass is 16.2. The number of rotatable bonds is 3. The van der Waals surface area contributed by atoms with E-state index >= 15 is 0 Å². The molecule has 3 amide bonds. The van der Waals surface area contributed by atoms with Crippen molar-refractivity contribution < 1.29 is 9.59 Å². The summed E-state index contributed by atoms with van der Waals surface area (Å²) in [6.07, 6.45) is 6.73. The molecular formula is C16H19N3O2. The number of carbonyl (C=O) groups is 2. The van der Waals surface area contributed by atoms with E-state index in [0.29, 0.717) is 13.1 Å². The van der Waals surface area contributed by atoms with Gasteiger partial charge in [-0.1, -0.05) is 24.1 Å². The highest BCUT2D eigenvalue weighted by molar-refractivity contribution is 5.90. The van der Waals surface area contributed by atoms with E-state index in [1.807, 2.05) is 30.3 Å². The molecule has 5 heteroatoms. The molecule has 0 saturated carbocycles. The van der Waals surface area contributed by atoms with Crippen LogP contribution in [-0.2, 0) is 4.79 Å². The van der Waals surface area contributed by atoms with Crippen LogP contribution in [0.4, 0.5) is 10.5 Å². The third kappa shape index (κ3) is 4.25. The molecule has 0 spiro atoms. The van der Waals surface area contributed by atoms with Gasteiger partial charge in [-0.3, -0.25) is 4.79 Å². The Balaban J connectivity index is 1.90. The summed E-state index contributed by atoms with van der Waals surface area (Å²) in [5, 5.41) is 5.52. The van der Waals surface area contributed by atoms with Crippen molar-refractivity contribution in [2.24, 2.45) is 5.92 Å². The monoisotopic (exact) mass is 285 g/mol. The lowest BCUT2D eigenvalue weighted by Crippen LogP contribution is -2.46. The van der Waals surface area contributed by atoms with Crippen molar-refractivity contribution in [1.82, 2.24) is 10.2 Å². The Morgan fingerprint density at radius 2 is 2.10 bits per heavy atom. The molecule has 1 atom stereocenters. The van der Waals surface area contributed by atoms with Gasteiger partial charge in [0.25, 0.3) is 0 Å². The molecule has 0 aromatic heterocycles. The topological polar surface area (TPSA) is 61.4 Å². The van der Waals surface area contributed by atoms with Crippen molar-refractivity contribution in [2.75, 3.05) is 25.0 Å². The summed E-state index contributed by atoms with van der Waals surface area (Å²) >= 11 is 0. The highest BCUT2D eigenvalue weighted by Crippen LogP contribution is 2.18. The summed E-state index contributed by atoms with van der Waals surface area (Å²) in [5.74, 6) is 2.11. The van der Waals surface area contributed by atoms with Gasteiger partial charge in [0.15, 0.2) is 0 Å². The summed E-state index contributed by atoms with van der Waals surface area (Å²) < 4.78 is 0. The molecule has 2 rings (SSSR count). The van der Waals surface area contributed by atoms with Gasteiger partial charge in [-0.2, -0.15) is 0 Å². The van der Waals surface area contributed by atoms with Crippen LogP contribution >= 0.6 is 0 Å². The number of anilines is 1. The largest absolute Gasteiger partial charge is 0.345 e. The Kier molecular flexibility index (Phi) is 5.22. The molecule has 1 aromatic rings. The summed E-state index contributed by atoms with van der Waals surface area (Å²) in [5.41, 5.74) is 0.751. The molecule has 110 valence electrons. The number of amides is 3. The lowest BCUT2D eigenvalue weighted by atomic mass is 9.97. The van der Waals surface area contributed by atoms with Crippen LogP contribution in [0.2, 0.25) is 0 Å². The summed E-state index contributed by atoms with van der Waals surface area (Å²) in [6, 6.07) is 9.11. The maximum absolute atomic E-state index is 12.2. The number of hydrogen-bond acceptors (Lipinski definition) is 2. The minimum atomic E-state index is -0.186. The second kappa shape index (κ2) is 7.34. The van der Waals surface area contributed by atoms with E-state index in [9.17, 15) is 9.59 Å².